The Balaban J connectivity index is 2.23. The summed E-state index contributed by atoms with van der Waals surface area (Å²) < 4.78 is 13.4. The summed E-state index contributed by atoms with van der Waals surface area (Å²) in [5.41, 5.74) is 0.774. The summed E-state index contributed by atoms with van der Waals surface area (Å²) in [6, 6.07) is 6.94. The summed E-state index contributed by atoms with van der Waals surface area (Å²) in [6.45, 7) is 1.52. The second-order valence-electron chi connectivity index (χ2n) is 3.64. The van der Waals surface area contributed by atoms with E-state index in [9.17, 15) is 4.39 Å². The molecule has 1 unspecified atom stereocenters. The largest absolute Gasteiger partial charge is 0.365 e. The molecule has 2 rings (SSSR count). The van der Waals surface area contributed by atoms with Crippen LogP contribution in [0.25, 0.3) is 0 Å². The Bertz CT molecular complexity index is 349. The third-order valence-electron chi connectivity index (χ3n) is 2.46. The van der Waals surface area contributed by atoms with Crippen molar-refractivity contribution in [2.75, 3.05) is 20.1 Å². The molecule has 3 heteroatoms. The molecule has 0 N–H and O–H groups in total. The van der Waals surface area contributed by atoms with Crippen LogP contribution in [-0.2, 0) is 0 Å². The highest BCUT2D eigenvalue weighted by Crippen LogP contribution is 2.21. The molecule has 0 radical (unpaired) electrons. The van der Waals surface area contributed by atoms with Gasteiger partial charge in [0.25, 0.3) is 0 Å². The standard InChI is InChI=1S/C11H13FN2/c1-14-7-9(6-13-8-14)10-4-2-3-5-11(10)12/h2-5,8-9H,6-7H2,1H3. The van der Waals surface area contributed by atoms with Gasteiger partial charge in [-0.25, -0.2) is 4.39 Å². The highest BCUT2D eigenvalue weighted by Gasteiger charge is 2.18. The Kier molecular flexibility index (Phi) is 2.48. The van der Waals surface area contributed by atoms with Gasteiger partial charge in [-0.05, 0) is 11.6 Å². The molecule has 1 aliphatic rings. The topological polar surface area (TPSA) is 15.6 Å². The molecule has 1 heterocycles. The van der Waals surface area contributed by atoms with E-state index in [1.165, 1.54) is 6.07 Å². The molecule has 1 atom stereocenters. The molecule has 0 bridgehead atoms. The number of aliphatic imine (C=N–C) groups is 1. The number of hydrogen-bond donors (Lipinski definition) is 0. The molecular formula is C11H13FN2. The molecule has 0 saturated carbocycles. The van der Waals surface area contributed by atoms with E-state index in [1.54, 1.807) is 12.4 Å². The number of benzene rings is 1. The van der Waals surface area contributed by atoms with Crippen molar-refractivity contribution in [3.05, 3.63) is 35.6 Å². The Hall–Kier alpha value is -1.38. The molecule has 74 valence electrons. The lowest BCUT2D eigenvalue weighted by atomic mass is 9.97. The van der Waals surface area contributed by atoms with Gasteiger partial charge in [-0.3, -0.25) is 4.99 Å². The summed E-state index contributed by atoms with van der Waals surface area (Å²) in [6.07, 6.45) is 1.80. The lowest BCUT2D eigenvalue weighted by molar-refractivity contribution is 0.429. The Morgan fingerprint density at radius 3 is 2.93 bits per heavy atom. The van der Waals surface area contributed by atoms with E-state index < -0.39 is 0 Å². The van der Waals surface area contributed by atoms with Gasteiger partial charge in [-0.15, -0.1) is 0 Å². The van der Waals surface area contributed by atoms with Crippen LogP contribution in [0.4, 0.5) is 4.39 Å². The lowest BCUT2D eigenvalue weighted by Crippen LogP contribution is -2.29. The summed E-state index contributed by atoms with van der Waals surface area (Å²) in [5.74, 6) is 0.0641. The molecule has 1 aliphatic heterocycles. The maximum Gasteiger partial charge on any atom is 0.126 e. The van der Waals surface area contributed by atoms with Crippen LogP contribution in [0.3, 0.4) is 0 Å². The summed E-state index contributed by atoms with van der Waals surface area (Å²) >= 11 is 0. The van der Waals surface area contributed by atoms with Crippen LogP contribution < -0.4 is 0 Å². The first kappa shape index (κ1) is 9.19. The molecule has 0 aliphatic carbocycles. The maximum absolute atomic E-state index is 13.4. The Labute approximate surface area is 83.1 Å². The number of likely N-dealkylation sites (N-methyl/N-ethyl adjacent to an activating group) is 1. The smallest absolute Gasteiger partial charge is 0.126 e. The summed E-state index contributed by atoms with van der Waals surface area (Å²) in [7, 11) is 1.95. The molecule has 0 fully saturated rings. The van der Waals surface area contributed by atoms with Gasteiger partial charge >= 0.3 is 0 Å². The highest BCUT2D eigenvalue weighted by atomic mass is 19.1. The zero-order chi connectivity index (χ0) is 9.97. The monoisotopic (exact) mass is 192 g/mol. The van der Waals surface area contributed by atoms with E-state index >= 15 is 0 Å². The van der Waals surface area contributed by atoms with Crippen molar-refractivity contribution in [2.45, 2.75) is 5.92 Å². The molecule has 0 saturated heterocycles. The Morgan fingerprint density at radius 1 is 1.43 bits per heavy atom. The van der Waals surface area contributed by atoms with Crippen LogP contribution in [0.1, 0.15) is 11.5 Å². The van der Waals surface area contributed by atoms with Crippen molar-refractivity contribution < 1.29 is 4.39 Å². The molecule has 0 spiro atoms. The molecule has 14 heavy (non-hydrogen) atoms. The van der Waals surface area contributed by atoms with Gasteiger partial charge in [0.15, 0.2) is 0 Å². The average molecular weight is 192 g/mol. The molecule has 2 nitrogen and oxygen atoms in total. The van der Waals surface area contributed by atoms with Crippen molar-refractivity contribution in [3.8, 4) is 0 Å². The summed E-state index contributed by atoms with van der Waals surface area (Å²) in [4.78, 5) is 6.18. The van der Waals surface area contributed by atoms with Crippen LogP contribution in [0, 0.1) is 5.82 Å². The van der Waals surface area contributed by atoms with Crippen LogP contribution in [-0.4, -0.2) is 31.4 Å². The molecule has 0 aromatic heterocycles. The van der Waals surface area contributed by atoms with Gasteiger partial charge in [-0.1, -0.05) is 18.2 Å². The Morgan fingerprint density at radius 2 is 2.21 bits per heavy atom. The number of hydrogen-bond acceptors (Lipinski definition) is 2. The van der Waals surface area contributed by atoms with Crippen LogP contribution >= 0.6 is 0 Å². The first-order chi connectivity index (χ1) is 6.77. The third kappa shape index (κ3) is 1.76. The maximum atomic E-state index is 13.4. The van der Waals surface area contributed by atoms with E-state index in [4.69, 9.17) is 0 Å². The fourth-order valence-corrected chi connectivity index (χ4v) is 1.77. The van der Waals surface area contributed by atoms with Crippen molar-refractivity contribution in [1.82, 2.24) is 4.90 Å². The predicted octanol–water partition coefficient (Wildman–Crippen LogP) is 1.88. The highest BCUT2D eigenvalue weighted by molar-refractivity contribution is 5.56. The van der Waals surface area contributed by atoms with E-state index in [2.05, 4.69) is 4.99 Å². The van der Waals surface area contributed by atoms with Gasteiger partial charge in [0, 0.05) is 26.1 Å². The van der Waals surface area contributed by atoms with Crippen LogP contribution in [0.2, 0.25) is 0 Å². The number of halogens is 1. The van der Waals surface area contributed by atoms with Crippen molar-refractivity contribution in [2.24, 2.45) is 4.99 Å². The first-order valence-electron chi connectivity index (χ1n) is 4.72. The normalized spacial score (nSPS) is 21.3. The molecule has 1 aromatic carbocycles. The molecular weight excluding hydrogens is 179 g/mol. The SMILES string of the molecule is CN1C=NCC(c2ccccc2F)C1. The molecule has 0 amide bonds. The van der Waals surface area contributed by atoms with Gasteiger partial charge < -0.3 is 4.90 Å². The second kappa shape index (κ2) is 3.78. The minimum Gasteiger partial charge on any atom is -0.365 e. The predicted molar refractivity (Wildman–Crippen MR) is 55.1 cm³/mol. The fourth-order valence-electron chi connectivity index (χ4n) is 1.77. The number of nitrogens with zero attached hydrogens (tertiary/aromatic N) is 2. The van der Waals surface area contributed by atoms with E-state index in [1.807, 2.05) is 24.1 Å². The van der Waals surface area contributed by atoms with Crippen molar-refractivity contribution >= 4 is 6.34 Å². The van der Waals surface area contributed by atoms with Crippen LogP contribution in [0.5, 0.6) is 0 Å². The quantitative estimate of drug-likeness (QED) is 0.663. The van der Waals surface area contributed by atoms with Crippen molar-refractivity contribution in [1.29, 1.82) is 0 Å². The van der Waals surface area contributed by atoms with Crippen LogP contribution in [0.15, 0.2) is 29.3 Å². The van der Waals surface area contributed by atoms with Crippen molar-refractivity contribution in [3.63, 3.8) is 0 Å². The van der Waals surface area contributed by atoms with Gasteiger partial charge in [-0.2, -0.15) is 0 Å². The van der Waals surface area contributed by atoms with Gasteiger partial charge in [0.2, 0.25) is 0 Å². The van der Waals surface area contributed by atoms with E-state index in [0.717, 1.165) is 12.1 Å². The van der Waals surface area contributed by atoms with E-state index in [0.29, 0.717) is 6.54 Å². The minimum atomic E-state index is -0.122. The minimum absolute atomic E-state index is 0.122. The third-order valence-corrected chi connectivity index (χ3v) is 2.46. The summed E-state index contributed by atoms with van der Waals surface area (Å²) in [5, 5.41) is 0. The fraction of sp³-hybridized carbons (Fsp3) is 0.364. The molecule has 1 aromatic rings. The zero-order valence-corrected chi connectivity index (χ0v) is 8.15. The zero-order valence-electron chi connectivity index (χ0n) is 8.15. The van der Waals surface area contributed by atoms with Gasteiger partial charge in [0.1, 0.15) is 5.82 Å². The van der Waals surface area contributed by atoms with Gasteiger partial charge in [0.05, 0.1) is 6.34 Å². The van der Waals surface area contributed by atoms with E-state index in [-0.39, 0.29) is 11.7 Å². The first-order valence-corrected chi connectivity index (χ1v) is 4.72. The average Bonchev–Trinajstić information content (AvgIpc) is 2.18. The second-order valence-corrected chi connectivity index (χ2v) is 3.64. The number of rotatable bonds is 1. The lowest BCUT2D eigenvalue weighted by Gasteiger charge is -2.25.